The van der Waals surface area contributed by atoms with Gasteiger partial charge < -0.3 is 4.57 Å². The molecule has 7 nitrogen and oxygen atoms in total. The highest BCUT2D eigenvalue weighted by atomic mass is 16.2. The molecule has 0 aliphatic heterocycles. The third-order valence-corrected chi connectivity index (χ3v) is 3.46. The summed E-state index contributed by atoms with van der Waals surface area (Å²) in [5.74, 6) is 0.237. The van der Waals surface area contributed by atoms with E-state index in [9.17, 15) is 4.79 Å². The second-order valence-corrected chi connectivity index (χ2v) is 5.02. The van der Waals surface area contributed by atoms with E-state index in [1.807, 2.05) is 36.6 Å². The van der Waals surface area contributed by atoms with E-state index in [0.29, 0.717) is 11.4 Å². The van der Waals surface area contributed by atoms with Gasteiger partial charge in [-0.1, -0.05) is 0 Å². The Balaban J connectivity index is 1.82. The molecular weight excluding hydrogens is 292 g/mol. The van der Waals surface area contributed by atoms with Crippen LogP contribution in [0.5, 0.6) is 0 Å². The zero-order valence-corrected chi connectivity index (χ0v) is 12.8. The van der Waals surface area contributed by atoms with E-state index in [4.69, 9.17) is 0 Å². The molecule has 1 amide bonds. The number of nitrogens with one attached hydrogen (secondary N) is 2. The van der Waals surface area contributed by atoms with Crippen molar-refractivity contribution in [2.24, 2.45) is 0 Å². The molecule has 116 valence electrons. The van der Waals surface area contributed by atoms with Gasteiger partial charge in [-0.3, -0.25) is 20.6 Å². The predicted molar refractivity (Wildman–Crippen MR) is 86.2 cm³/mol. The monoisotopic (exact) mass is 308 g/mol. The number of hydrazine groups is 1. The van der Waals surface area contributed by atoms with Crippen molar-refractivity contribution in [3.8, 4) is 5.69 Å². The second kappa shape index (κ2) is 6.27. The minimum Gasteiger partial charge on any atom is -0.316 e. The van der Waals surface area contributed by atoms with Gasteiger partial charge in [0.25, 0.3) is 5.91 Å². The third kappa shape index (κ3) is 3.03. The summed E-state index contributed by atoms with van der Waals surface area (Å²) in [4.78, 5) is 16.5. The normalized spacial score (nSPS) is 10.3. The van der Waals surface area contributed by atoms with E-state index in [1.54, 1.807) is 30.7 Å². The summed E-state index contributed by atoms with van der Waals surface area (Å²) < 4.78 is 1.99. The molecule has 3 rings (SSSR count). The lowest BCUT2D eigenvalue weighted by Gasteiger charge is -2.10. The van der Waals surface area contributed by atoms with Crippen molar-refractivity contribution in [2.75, 3.05) is 5.43 Å². The number of aromatic nitrogens is 4. The van der Waals surface area contributed by atoms with Crippen LogP contribution in [0.4, 0.5) is 5.82 Å². The molecule has 0 aromatic carbocycles. The van der Waals surface area contributed by atoms with E-state index in [-0.39, 0.29) is 5.91 Å². The van der Waals surface area contributed by atoms with Crippen molar-refractivity contribution >= 4 is 11.7 Å². The smallest absolute Gasteiger partial charge is 0.271 e. The Morgan fingerprint density at radius 2 is 2.00 bits per heavy atom. The van der Waals surface area contributed by atoms with Crippen LogP contribution < -0.4 is 10.9 Å². The average molecular weight is 308 g/mol. The predicted octanol–water partition coefficient (Wildman–Crippen LogP) is 2.04. The van der Waals surface area contributed by atoms with Gasteiger partial charge in [-0.05, 0) is 44.2 Å². The number of nitrogens with zero attached hydrogens (tertiary/aromatic N) is 4. The van der Waals surface area contributed by atoms with E-state index < -0.39 is 0 Å². The minimum atomic E-state index is -0.237. The molecule has 0 saturated carbocycles. The van der Waals surface area contributed by atoms with Crippen LogP contribution in [-0.2, 0) is 0 Å². The number of carbonyl (C=O) groups is 1. The number of carbonyl (C=O) groups excluding carboxylic acids is 1. The maximum Gasteiger partial charge on any atom is 0.271 e. The number of anilines is 1. The molecule has 7 heteroatoms. The van der Waals surface area contributed by atoms with Gasteiger partial charge >= 0.3 is 0 Å². The van der Waals surface area contributed by atoms with E-state index in [1.165, 1.54) is 0 Å². The van der Waals surface area contributed by atoms with Crippen LogP contribution in [-0.4, -0.2) is 25.7 Å². The summed E-state index contributed by atoms with van der Waals surface area (Å²) >= 11 is 0. The second-order valence-electron chi connectivity index (χ2n) is 5.02. The number of amides is 1. The summed E-state index contributed by atoms with van der Waals surface area (Å²) in [6.45, 7) is 3.85. The summed E-state index contributed by atoms with van der Waals surface area (Å²) in [7, 11) is 0. The highest BCUT2D eigenvalue weighted by molar-refractivity contribution is 5.96. The Labute approximate surface area is 133 Å². The summed E-state index contributed by atoms with van der Waals surface area (Å²) in [6, 6.07) is 9.11. The lowest BCUT2D eigenvalue weighted by atomic mass is 10.2. The molecule has 0 bridgehead atoms. The summed E-state index contributed by atoms with van der Waals surface area (Å²) in [6.07, 6.45) is 5.05. The summed E-state index contributed by atoms with van der Waals surface area (Å²) in [5, 5.41) is 7.58. The van der Waals surface area contributed by atoms with Crippen molar-refractivity contribution in [1.82, 2.24) is 25.2 Å². The van der Waals surface area contributed by atoms with Gasteiger partial charge in [0, 0.05) is 23.8 Å². The molecule has 0 spiro atoms. The first-order chi connectivity index (χ1) is 11.2. The molecule has 3 aromatic rings. The molecule has 23 heavy (non-hydrogen) atoms. The zero-order chi connectivity index (χ0) is 16.2. The molecule has 0 aliphatic rings. The minimum absolute atomic E-state index is 0.237. The molecule has 0 atom stereocenters. The molecule has 0 fully saturated rings. The fourth-order valence-corrected chi connectivity index (χ4v) is 2.43. The maximum absolute atomic E-state index is 12.4. The fourth-order valence-electron chi connectivity index (χ4n) is 2.43. The standard InChI is InChI=1S/C16H16N6O/c1-11-9-14(12(2)22(11)13-5-3-7-17-10-13)16(23)21-20-15-6-4-8-18-19-15/h3-10H,1-2H3,(H,19,20)(H,21,23). The first-order valence-corrected chi connectivity index (χ1v) is 7.10. The van der Waals surface area contributed by atoms with Crippen LogP contribution in [0, 0.1) is 13.8 Å². The first-order valence-electron chi connectivity index (χ1n) is 7.10. The molecule has 0 saturated heterocycles. The Morgan fingerprint density at radius 1 is 1.17 bits per heavy atom. The molecule has 3 heterocycles. The topological polar surface area (TPSA) is 84.7 Å². The van der Waals surface area contributed by atoms with E-state index in [0.717, 1.165) is 17.1 Å². The quantitative estimate of drug-likeness (QED) is 0.720. The van der Waals surface area contributed by atoms with Crippen molar-refractivity contribution in [1.29, 1.82) is 0 Å². The van der Waals surface area contributed by atoms with Crippen molar-refractivity contribution < 1.29 is 4.79 Å². The Kier molecular flexibility index (Phi) is 4.01. The van der Waals surface area contributed by atoms with Crippen molar-refractivity contribution in [2.45, 2.75) is 13.8 Å². The SMILES string of the molecule is Cc1cc(C(=O)NNc2cccnn2)c(C)n1-c1cccnc1. The van der Waals surface area contributed by atoms with Gasteiger partial charge in [0.2, 0.25) is 0 Å². The van der Waals surface area contributed by atoms with Crippen molar-refractivity contribution in [3.63, 3.8) is 0 Å². The van der Waals surface area contributed by atoms with E-state index >= 15 is 0 Å². The number of hydrogen-bond donors (Lipinski definition) is 2. The first kappa shape index (κ1) is 14.7. The number of hydrogen-bond acceptors (Lipinski definition) is 5. The number of aryl methyl sites for hydroxylation is 1. The largest absolute Gasteiger partial charge is 0.316 e. The highest BCUT2D eigenvalue weighted by Gasteiger charge is 2.16. The van der Waals surface area contributed by atoms with Gasteiger partial charge in [-0.2, -0.15) is 5.10 Å². The Bertz CT molecular complexity index is 813. The van der Waals surface area contributed by atoms with Crippen LogP contribution in [0.3, 0.4) is 0 Å². The third-order valence-electron chi connectivity index (χ3n) is 3.46. The highest BCUT2D eigenvalue weighted by Crippen LogP contribution is 2.20. The lowest BCUT2D eigenvalue weighted by molar-refractivity contribution is 0.0962. The molecule has 0 radical (unpaired) electrons. The van der Waals surface area contributed by atoms with Crippen LogP contribution in [0.2, 0.25) is 0 Å². The van der Waals surface area contributed by atoms with Crippen LogP contribution in [0.15, 0.2) is 48.9 Å². The Hall–Kier alpha value is -3.22. The molecule has 0 aliphatic carbocycles. The van der Waals surface area contributed by atoms with Crippen LogP contribution >= 0.6 is 0 Å². The maximum atomic E-state index is 12.4. The summed E-state index contributed by atoms with van der Waals surface area (Å²) in [5.41, 5.74) is 8.68. The van der Waals surface area contributed by atoms with E-state index in [2.05, 4.69) is 26.0 Å². The van der Waals surface area contributed by atoms with Gasteiger partial charge in [-0.25, -0.2) is 0 Å². The zero-order valence-electron chi connectivity index (χ0n) is 12.8. The molecular formula is C16H16N6O. The fraction of sp³-hybridized carbons (Fsp3) is 0.125. The van der Waals surface area contributed by atoms with Gasteiger partial charge in [-0.15, -0.1) is 5.10 Å². The average Bonchev–Trinajstić information content (AvgIpc) is 2.89. The molecule has 2 N–H and O–H groups in total. The number of pyridine rings is 1. The lowest BCUT2D eigenvalue weighted by Crippen LogP contribution is -2.30. The van der Waals surface area contributed by atoms with Gasteiger partial charge in [0.05, 0.1) is 17.4 Å². The molecule has 0 unspecified atom stereocenters. The van der Waals surface area contributed by atoms with Crippen LogP contribution in [0.1, 0.15) is 21.7 Å². The van der Waals surface area contributed by atoms with Gasteiger partial charge in [0.1, 0.15) is 0 Å². The molecule has 3 aromatic heterocycles. The van der Waals surface area contributed by atoms with Gasteiger partial charge in [0.15, 0.2) is 5.82 Å². The van der Waals surface area contributed by atoms with Crippen molar-refractivity contribution in [3.05, 3.63) is 65.9 Å². The number of rotatable bonds is 4. The van der Waals surface area contributed by atoms with Crippen LogP contribution in [0.25, 0.3) is 5.69 Å². The Morgan fingerprint density at radius 3 is 2.70 bits per heavy atom.